The van der Waals surface area contributed by atoms with E-state index >= 15 is 0 Å². The molecule has 0 unspecified atom stereocenters. The third-order valence-corrected chi connectivity index (χ3v) is 4.80. The molecule has 3 heteroatoms. The number of ether oxygens (including phenoxy) is 1. The summed E-state index contributed by atoms with van der Waals surface area (Å²) in [5.74, 6) is 0.971. The van der Waals surface area contributed by atoms with Crippen LogP contribution in [0.25, 0.3) is 6.08 Å². The third-order valence-electron chi connectivity index (χ3n) is 4.80. The Morgan fingerprint density at radius 1 is 0.960 bits per heavy atom. The minimum atomic E-state index is 0.971. The average Bonchev–Trinajstić information content (AvgIpc) is 2.64. The maximum Gasteiger partial charge on any atom is 0.121 e. The summed E-state index contributed by atoms with van der Waals surface area (Å²) in [7, 11) is 1.73. The molecule has 3 nitrogen and oxygen atoms in total. The van der Waals surface area contributed by atoms with Gasteiger partial charge in [0.15, 0.2) is 0 Å². The second-order valence-corrected chi connectivity index (χ2v) is 6.69. The predicted molar refractivity (Wildman–Crippen MR) is 105 cm³/mol. The molecule has 0 bridgehead atoms. The topological polar surface area (TPSA) is 15.7 Å². The van der Waals surface area contributed by atoms with E-state index in [9.17, 15) is 0 Å². The molecular weight excluding hydrogens is 308 g/mol. The molecule has 1 saturated heterocycles. The quantitative estimate of drug-likeness (QED) is 0.797. The molecule has 0 aromatic heterocycles. The molecule has 0 atom stereocenters. The molecule has 1 fully saturated rings. The van der Waals surface area contributed by atoms with Gasteiger partial charge in [-0.15, -0.1) is 0 Å². The molecule has 0 amide bonds. The fourth-order valence-corrected chi connectivity index (χ4v) is 3.33. The van der Waals surface area contributed by atoms with E-state index in [4.69, 9.17) is 4.74 Å². The first-order chi connectivity index (χ1) is 12.2. The van der Waals surface area contributed by atoms with Crippen molar-refractivity contribution >= 4 is 6.08 Å². The molecule has 1 aliphatic heterocycles. The highest BCUT2D eigenvalue weighted by Gasteiger charge is 2.16. The van der Waals surface area contributed by atoms with Crippen LogP contribution in [0, 0.1) is 6.92 Å². The molecule has 2 aromatic rings. The van der Waals surface area contributed by atoms with Crippen LogP contribution in [0.3, 0.4) is 0 Å². The van der Waals surface area contributed by atoms with Gasteiger partial charge in [0, 0.05) is 39.3 Å². The van der Waals surface area contributed by atoms with Gasteiger partial charge < -0.3 is 4.74 Å². The number of methoxy groups -OCH3 is 1. The molecule has 0 spiro atoms. The number of hydrogen-bond donors (Lipinski definition) is 0. The van der Waals surface area contributed by atoms with Crippen LogP contribution in [0.5, 0.6) is 5.75 Å². The molecule has 2 aromatic carbocycles. The van der Waals surface area contributed by atoms with Gasteiger partial charge in [-0.3, -0.25) is 9.80 Å². The first kappa shape index (κ1) is 17.7. The summed E-state index contributed by atoms with van der Waals surface area (Å²) in [6.45, 7) is 8.69. The maximum absolute atomic E-state index is 5.35. The van der Waals surface area contributed by atoms with Crippen molar-refractivity contribution in [1.82, 2.24) is 9.80 Å². The monoisotopic (exact) mass is 336 g/mol. The van der Waals surface area contributed by atoms with Crippen LogP contribution >= 0.6 is 0 Å². The minimum Gasteiger partial charge on any atom is -0.496 e. The Morgan fingerprint density at radius 3 is 2.36 bits per heavy atom. The summed E-state index contributed by atoms with van der Waals surface area (Å²) < 4.78 is 5.35. The second-order valence-electron chi connectivity index (χ2n) is 6.69. The van der Waals surface area contributed by atoms with E-state index in [-0.39, 0.29) is 0 Å². The van der Waals surface area contributed by atoms with Gasteiger partial charge >= 0.3 is 0 Å². The third kappa shape index (κ3) is 5.18. The fourth-order valence-electron chi connectivity index (χ4n) is 3.33. The zero-order valence-corrected chi connectivity index (χ0v) is 15.3. The lowest BCUT2D eigenvalue weighted by Crippen LogP contribution is -2.45. The van der Waals surface area contributed by atoms with Crippen LogP contribution in [0.15, 0.2) is 54.6 Å². The summed E-state index contributed by atoms with van der Waals surface area (Å²) in [4.78, 5) is 5.06. The van der Waals surface area contributed by atoms with Gasteiger partial charge in [-0.2, -0.15) is 0 Å². The summed E-state index contributed by atoms with van der Waals surface area (Å²) in [6, 6.07) is 17.0. The van der Waals surface area contributed by atoms with Crippen molar-refractivity contribution in [3.05, 3.63) is 71.3 Å². The molecule has 3 rings (SSSR count). The normalized spacial score (nSPS) is 16.4. The Bertz CT molecular complexity index is 688. The highest BCUT2D eigenvalue weighted by Crippen LogP contribution is 2.19. The molecule has 0 aliphatic carbocycles. The lowest BCUT2D eigenvalue weighted by Gasteiger charge is -2.34. The van der Waals surface area contributed by atoms with Crippen molar-refractivity contribution in [2.75, 3.05) is 39.8 Å². The zero-order valence-electron chi connectivity index (χ0n) is 15.3. The summed E-state index contributed by atoms with van der Waals surface area (Å²) >= 11 is 0. The Kier molecular flexibility index (Phi) is 6.26. The number of rotatable bonds is 6. The Balaban J connectivity index is 1.44. The largest absolute Gasteiger partial charge is 0.496 e. The second kappa shape index (κ2) is 8.84. The van der Waals surface area contributed by atoms with Gasteiger partial charge in [-0.25, -0.2) is 0 Å². The van der Waals surface area contributed by atoms with Crippen LogP contribution in [0.4, 0.5) is 0 Å². The smallest absolute Gasteiger partial charge is 0.121 e. The number of piperazine rings is 1. The van der Waals surface area contributed by atoms with Gasteiger partial charge in [0.05, 0.1) is 7.11 Å². The molecule has 25 heavy (non-hydrogen) atoms. The Hall–Kier alpha value is -2.10. The van der Waals surface area contributed by atoms with Gasteiger partial charge in [0.2, 0.25) is 0 Å². The molecule has 0 saturated carbocycles. The van der Waals surface area contributed by atoms with Crippen molar-refractivity contribution in [1.29, 1.82) is 0 Å². The molecule has 132 valence electrons. The van der Waals surface area contributed by atoms with Crippen LogP contribution in [0.2, 0.25) is 0 Å². The van der Waals surface area contributed by atoms with Gasteiger partial charge in [-0.05, 0) is 29.7 Å². The number of nitrogens with zero attached hydrogens (tertiary/aromatic N) is 2. The van der Waals surface area contributed by atoms with E-state index in [1.54, 1.807) is 7.11 Å². The molecule has 1 aliphatic rings. The van der Waals surface area contributed by atoms with E-state index in [0.29, 0.717) is 0 Å². The maximum atomic E-state index is 5.35. The van der Waals surface area contributed by atoms with Crippen molar-refractivity contribution in [2.24, 2.45) is 0 Å². The van der Waals surface area contributed by atoms with Crippen LogP contribution < -0.4 is 4.74 Å². The van der Waals surface area contributed by atoms with E-state index in [1.807, 2.05) is 0 Å². The molecular formula is C22H28N2O. The summed E-state index contributed by atoms with van der Waals surface area (Å²) in [5.41, 5.74) is 3.86. The summed E-state index contributed by atoms with van der Waals surface area (Å²) in [5, 5.41) is 0. The van der Waals surface area contributed by atoms with Crippen molar-refractivity contribution in [3.63, 3.8) is 0 Å². The lowest BCUT2D eigenvalue weighted by atomic mass is 10.1. The standard InChI is InChI=1S/C22H28N2O/c1-19-17-21(10-11-22(19)25-2)18-24-15-13-23(14-16-24)12-6-9-20-7-4-3-5-8-20/h3-11,17H,12-16,18H2,1-2H3. The Labute approximate surface area is 151 Å². The fraction of sp³-hybridized carbons (Fsp3) is 0.364. The van der Waals surface area contributed by atoms with E-state index in [1.165, 1.54) is 16.7 Å². The lowest BCUT2D eigenvalue weighted by molar-refractivity contribution is 0.137. The van der Waals surface area contributed by atoms with Crippen LogP contribution in [0.1, 0.15) is 16.7 Å². The number of aryl methyl sites for hydroxylation is 1. The van der Waals surface area contributed by atoms with Crippen molar-refractivity contribution < 1.29 is 4.74 Å². The molecule has 0 N–H and O–H groups in total. The van der Waals surface area contributed by atoms with Gasteiger partial charge in [-0.1, -0.05) is 54.6 Å². The predicted octanol–water partition coefficient (Wildman–Crippen LogP) is 3.83. The number of benzene rings is 2. The van der Waals surface area contributed by atoms with Gasteiger partial charge in [0.1, 0.15) is 5.75 Å². The SMILES string of the molecule is COc1ccc(CN2CCN(CC=Cc3ccccc3)CC2)cc1C. The van der Waals surface area contributed by atoms with Crippen LogP contribution in [-0.4, -0.2) is 49.6 Å². The summed E-state index contributed by atoms with van der Waals surface area (Å²) in [6.07, 6.45) is 4.49. The first-order valence-electron chi connectivity index (χ1n) is 9.04. The first-order valence-corrected chi connectivity index (χ1v) is 9.04. The van der Waals surface area contributed by atoms with Gasteiger partial charge in [0.25, 0.3) is 0 Å². The van der Waals surface area contributed by atoms with Crippen molar-refractivity contribution in [3.8, 4) is 5.75 Å². The minimum absolute atomic E-state index is 0.971. The van der Waals surface area contributed by atoms with E-state index in [2.05, 4.69) is 77.4 Å². The van der Waals surface area contributed by atoms with Crippen molar-refractivity contribution in [2.45, 2.75) is 13.5 Å². The van der Waals surface area contributed by atoms with E-state index in [0.717, 1.165) is 45.0 Å². The zero-order chi connectivity index (χ0) is 17.5. The average molecular weight is 336 g/mol. The number of hydrogen-bond acceptors (Lipinski definition) is 3. The molecule has 0 radical (unpaired) electrons. The Morgan fingerprint density at radius 2 is 1.68 bits per heavy atom. The molecule has 1 heterocycles. The van der Waals surface area contributed by atoms with Crippen LogP contribution in [-0.2, 0) is 6.54 Å². The highest BCUT2D eigenvalue weighted by atomic mass is 16.5. The van der Waals surface area contributed by atoms with E-state index < -0.39 is 0 Å². The highest BCUT2D eigenvalue weighted by molar-refractivity contribution is 5.48.